The van der Waals surface area contributed by atoms with Gasteiger partial charge in [-0.15, -0.1) is 0 Å². The third-order valence-electron chi connectivity index (χ3n) is 8.35. The van der Waals surface area contributed by atoms with E-state index in [1.54, 1.807) is 0 Å². The van der Waals surface area contributed by atoms with Gasteiger partial charge in [-0.25, -0.2) is 4.98 Å². The summed E-state index contributed by atoms with van der Waals surface area (Å²) in [5.74, 6) is 1.81. The minimum Gasteiger partial charge on any atom is -0.491 e. The van der Waals surface area contributed by atoms with Crippen molar-refractivity contribution in [2.24, 2.45) is 11.8 Å². The lowest BCUT2D eigenvalue weighted by Gasteiger charge is -2.45. The maximum absolute atomic E-state index is 14.1. The Hall–Kier alpha value is -2.96. The summed E-state index contributed by atoms with van der Waals surface area (Å²) in [6.45, 7) is 12.7. The molecule has 1 saturated carbocycles. The van der Waals surface area contributed by atoms with Crippen molar-refractivity contribution >= 4 is 24.6 Å². The first kappa shape index (κ1) is 27.6. The fourth-order valence-corrected chi connectivity index (χ4v) is 10.9. The molecule has 2 aliphatic rings. The number of amides is 1. The Bertz CT molecular complexity index is 1240. The molecule has 0 radical (unpaired) electrons. The number of aryl methyl sites for hydroxylation is 1. The minimum absolute atomic E-state index is 0.00392. The Labute approximate surface area is 234 Å². The van der Waals surface area contributed by atoms with Crippen LogP contribution in [-0.2, 0) is 4.43 Å². The number of carbonyl (C=O) groups is 1. The Morgan fingerprint density at radius 2 is 1.59 bits per heavy atom. The number of ether oxygens (including phenoxy) is 1. The number of rotatable bonds is 9. The topological polar surface area (TPSA) is 51.7 Å². The van der Waals surface area contributed by atoms with Crippen molar-refractivity contribution in [1.29, 1.82) is 0 Å². The van der Waals surface area contributed by atoms with E-state index in [-0.39, 0.29) is 17.0 Å². The molecule has 39 heavy (non-hydrogen) atoms. The number of piperidine rings is 1. The number of likely N-dealkylation sites (tertiary alicyclic amines) is 1. The summed E-state index contributed by atoms with van der Waals surface area (Å²) in [5, 5.41) is 2.41. The molecule has 0 spiro atoms. The smallest absolute Gasteiger partial charge is 0.276 e. The van der Waals surface area contributed by atoms with Crippen molar-refractivity contribution < 1.29 is 14.0 Å². The molecule has 1 amide bonds. The normalized spacial score (nSPS) is 20.8. The summed E-state index contributed by atoms with van der Waals surface area (Å²) >= 11 is 0. The number of pyridine rings is 1. The first-order chi connectivity index (χ1) is 18.7. The van der Waals surface area contributed by atoms with Crippen LogP contribution in [0.2, 0.25) is 5.04 Å². The molecule has 3 aromatic rings. The molecular weight excluding hydrogens is 500 g/mol. The van der Waals surface area contributed by atoms with Gasteiger partial charge in [-0.2, -0.15) is 0 Å². The zero-order chi connectivity index (χ0) is 27.6. The van der Waals surface area contributed by atoms with Crippen LogP contribution in [0.1, 0.15) is 63.1 Å². The molecule has 5 rings (SSSR count). The van der Waals surface area contributed by atoms with Crippen molar-refractivity contribution in [2.75, 3.05) is 19.8 Å². The minimum atomic E-state index is -2.70. The Morgan fingerprint density at radius 3 is 2.18 bits per heavy atom. The molecule has 6 heteroatoms. The van der Waals surface area contributed by atoms with Gasteiger partial charge in [0.2, 0.25) is 0 Å². The fourth-order valence-electron chi connectivity index (χ4n) is 6.25. The van der Waals surface area contributed by atoms with Gasteiger partial charge < -0.3 is 14.1 Å². The number of fused-ring (bicyclic) bond motifs is 1. The van der Waals surface area contributed by atoms with Crippen molar-refractivity contribution in [1.82, 2.24) is 9.88 Å². The quantitative estimate of drug-likeness (QED) is 0.330. The van der Waals surface area contributed by atoms with Crippen LogP contribution in [-0.4, -0.2) is 49.9 Å². The van der Waals surface area contributed by atoms with E-state index in [1.165, 1.54) is 16.8 Å². The van der Waals surface area contributed by atoms with Crippen LogP contribution >= 0.6 is 0 Å². The van der Waals surface area contributed by atoms with Gasteiger partial charge in [0.25, 0.3) is 14.2 Å². The summed E-state index contributed by atoms with van der Waals surface area (Å²) in [7, 11) is -2.70. The second-order valence-corrected chi connectivity index (χ2v) is 16.5. The molecular formula is C33H42N2O3Si. The van der Waals surface area contributed by atoms with E-state index in [0.717, 1.165) is 25.1 Å². The standard InChI is InChI=1S/C33H42N2O3Si/c1-6-19-37-30-18-17-24(2)34-31(30)32(36)35-22-26-20-25(26)21-27(35)23-38-39(33(3,4)5,28-13-9-7-10-14-28)29-15-11-8-12-16-29/h7-18,25-27H,6,19-23H2,1-5H3. The van der Waals surface area contributed by atoms with E-state index in [4.69, 9.17) is 9.16 Å². The number of hydrogen-bond donors (Lipinski definition) is 0. The molecule has 2 heterocycles. The first-order valence-electron chi connectivity index (χ1n) is 14.4. The van der Waals surface area contributed by atoms with Crippen LogP contribution < -0.4 is 15.1 Å². The molecule has 1 aliphatic heterocycles. The van der Waals surface area contributed by atoms with Crippen LogP contribution in [0.5, 0.6) is 5.75 Å². The SMILES string of the molecule is CCCOc1ccc(C)nc1C(=O)N1CC2CC2CC1CO[Si](c1ccccc1)(c1ccccc1)C(C)(C)C. The predicted octanol–water partition coefficient (Wildman–Crippen LogP) is 5.61. The van der Waals surface area contributed by atoms with Gasteiger partial charge in [-0.05, 0) is 65.6 Å². The largest absolute Gasteiger partial charge is 0.491 e. The zero-order valence-electron chi connectivity index (χ0n) is 24.0. The molecule has 2 fully saturated rings. The average molecular weight is 543 g/mol. The van der Waals surface area contributed by atoms with Gasteiger partial charge in [0, 0.05) is 12.2 Å². The molecule has 2 aromatic carbocycles. The Morgan fingerprint density at radius 1 is 0.949 bits per heavy atom. The van der Waals surface area contributed by atoms with E-state index in [2.05, 4.69) is 93.3 Å². The van der Waals surface area contributed by atoms with Crippen molar-refractivity contribution in [3.05, 3.63) is 84.2 Å². The highest BCUT2D eigenvalue weighted by Gasteiger charge is 2.52. The number of aromatic nitrogens is 1. The molecule has 0 bridgehead atoms. The fraction of sp³-hybridized carbons (Fsp3) is 0.455. The molecule has 206 valence electrons. The maximum atomic E-state index is 14.1. The molecule has 0 N–H and O–H groups in total. The highest BCUT2D eigenvalue weighted by molar-refractivity contribution is 6.99. The monoisotopic (exact) mass is 542 g/mol. The predicted molar refractivity (Wildman–Crippen MR) is 159 cm³/mol. The third-order valence-corrected chi connectivity index (χ3v) is 13.4. The lowest BCUT2D eigenvalue weighted by atomic mass is 10.0. The van der Waals surface area contributed by atoms with E-state index < -0.39 is 8.32 Å². The van der Waals surface area contributed by atoms with Crippen LogP contribution in [0.25, 0.3) is 0 Å². The summed E-state index contributed by atoms with van der Waals surface area (Å²) in [4.78, 5) is 20.8. The van der Waals surface area contributed by atoms with E-state index in [9.17, 15) is 4.79 Å². The highest BCUT2D eigenvalue weighted by Crippen LogP contribution is 2.48. The summed E-state index contributed by atoms with van der Waals surface area (Å²) < 4.78 is 13.3. The lowest BCUT2D eigenvalue weighted by molar-refractivity contribution is 0.0493. The van der Waals surface area contributed by atoms with Gasteiger partial charge in [-0.1, -0.05) is 88.4 Å². The molecule has 1 saturated heterocycles. The Balaban J connectivity index is 1.49. The van der Waals surface area contributed by atoms with E-state index >= 15 is 0 Å². The number of nitrogens with zero attached hydrogens (tertiary/aromatic N) is 2. The maximum Gasteiger partial charge on any atom is 0.276 e. The van der Waals surface area contributed by atoms with E-state index in [1.807, 2.05) is 24.0 Å². The third kappa shape index (κ3) is 5.55. The van der Waals surface area contributed by atoms with Gasteiger partial charge in [-0.3, -0.25) is 4.79 Å². The van der Waals surface area contributed by atoms with Crippen molar-refractivity contribution in [3.8, 4) is 5.75 Å². The summed E-state index contributed by atoms with van der Waals surface area (Å²) in [6.07, 6.45) is 3.05. The first-order valence-corrected chi connectivity index (χ1v) is 16.3. The van der Waals surface area contributed by atoms with E-state index in [0.29, 0.717) is 36.5 Å². The van der Waals surface area contributed by atoms with Gasteiger partial charge in [0.15, 0.2) is 11.4 Å². The average Bonchev–Trinajstić information content (AvgIpc) is 3.71. The van der Waals surface area contributed by atoms with Crippen LogP contribution in [0, 0.1) is 18.8 Å². The second kappa shape index (κ2) is 11.3. The highest BCUT2D eigenvalue weighted by atomic mass is 28.4. The van der Waals surface area contributed by atoms with Crippen LogP contribution in [0.15, 0.2) is 72.8 Å². The number of carbonyl (C=O) groups excluding carboxylic acids is 1. The summed E-state index contributed by atoms with van der Waals surface area (Å²) in [6, 6.07) is 25.3. The van der Waals surface area contributed by atoms with Crippen LogP contribution in [0.4, 0.5) is 0 Å². The molecule has 3 atom stereocenters. The molecule has 5 nitrogen and oxygen atoms in total. The number of benzene rings is 2. The molecule has 3 unspecified atom stereocenters. The van der Waals surface area contributed by atoms with Crippen LogP contribution in [0.3, 0.4) is 0 Å². The van der Waals surface area contributed by atoms with Crippen molar-refractivity contribution in [3.63, 3.8) is 0 Å². The second-order valence-electron chi connectivity index (χ2n) is 12.2. The van der Waals surface area contributed by atoms with Gasteiger partial charge >= 0.3 is 0 Å². The molecule has 1 aliphatic carbocycles. The number of hydrogen-bond acceptors (Lipinski definition) is 4. The summed E-state index contributed by atoms with van der Waals surface area (Å²) in [5.41, 5.74) is 1.25. The van der Waals surface area contributed by atoms with Gasteiger partial charge in [0.05, 0.1) is 19.3 Å². The van der Waals surface area contributed by atoms with Crippen molar-refractivity contribution in [2.45, 2.75) is 65.0 Å². The van der Waals surface area contributed by atoms with Gasteiger partial charge in [0.1, 0.15) is 0 Å². The molecule has 1 aromatic heterocycles. The lowest BCUT2D eigenvalue weighted by Crippen LogP contribution is -2.67. The Kier molecular flexibility index (Phi) is 7.97. The zero-order valence-corrected chi connectivity index (χ0v) is 25.0.